The van der Waals surface area contributed by atoms with Crippen molar-refractivity contribution < 1.29 is 14.2 Å². The number of hydrogen-bond donors (Lipinski definition) is 1. The molecule has 1 atom stereocenters. The molecule has 0 amide bonds. The van der Waals surface area contributed by atoms with Gasteiger partial charge in [-0.05, 0) is 13.3 Å². The molecule has 1 saturated heterocycles. The normalized spacial score (nSPS) is 19.6. The molecule has 1 aliphatic heterocycles. The van der Waals surface area contributed by atoms with E-state index in [9.17, 15) is 0 Å². The molecule has 0 radical (unpaired) electrons. The van der Waals surface area contributed by atoms with Gasteiger partial charge in [0, 0.05) is 39.8 Å². The first kappa shape index (κ1) is 17.2. The smallest absolute Gasteiger partial charge is 0.194 e. The largest absolute Gasteiger partial charge is 0.384 e. The minimum absolute atomic E-state index is 0.613. The van der Waals surface area contributed by atoms with Crippen LogP contribution in [0.1, 0.15) is 13.3 Å². The monoisotopic (exact) mass is 287 g/mol. The Hall–Kier alpha value is -0.850. The van der Waals surface area contributed by atoms with Crippen LogP contribution in [0, 0.1) is 5.92 Å². The summed E-state index contributed by atoms with van der Waals surface area (Å²) >= 11 is 0. The van der Waals surface area contributed by atoms with Crippen molar-refractivity contribution in [1.29, 1.82) is 0 Å². The van der Waals surface area contributed by atoms with Gasteiger partial charge >= 0.3 is 0 Å². The molecule has 1 heterocycles. The predicted octanol–water partition coefficient (Wildman–Crippen LogP) is 0.583. The predicted molar refractivity (Wildman–Crippen MR) is 80.2 cm³/mol. The first-order chi connectivity index (χ1) is 9.81. The van der Waals surface area contributed by atoms with Gasteiger partial charge < -0.3 is 24.4 Å². The second kappa shape index (κ2) is 10.9. The van der Waals surface area contributed by atoms with E-state index in [0.29, 0.717) is 32.3 Å². The summed E-state index contributed by atoms with van der Waals surface area (Å²) in [4.78, 5) is 6.92. The van der Waals surface area contributed by atoms with Gasteiger partial charge in [0.1, 0.15) is 0 Å². The molecule has 0 aromatic heterocycles. The van der Waals surface area contributed by atoms with E-state index in [1.807, 2.05) is 0 Å². The molecule has 6 nitrogen and oxygen atoms in total. The molecule has 6 heteroatoms. The Morgan fingerprint density at radius 1 is 1.25 bits per heavy atom. The number of nitrogens with one attached hydrogen (secondary N) is 1. The molecule has 0 aromatic carbocycles. The van der Waals surface area contributed by atoms with Crippen molar-refractivity contribution in [3.63, 3.8) is 0 Å². The van der Waals surface area contributed by atoms with E-state index in [4.69, 9.17) is 14.2 Å². The van der Waals surface area contributed by atoms with Crippen LogP contribution in [0.25, 0.3) is 0 Å². The van der Waals surface area contributed by atoms with E-state index < -0.39 is 0 Å². The molecule has 0 spiro atoms. The van der Waals surface area contributed by atoms with Crippen LogP contribution in [0.15, 0.2) is 4.99 Å². The van der Waals surface area contributed by atoms with Gasteiger partial charge in [0.25, 0.3) is 0 Å². The quantitative estimate of drug-likeness (QED) is 0.382. The molecule has 0 saturated carbocycles. The number of aliphatic imine (C=N–C) groups is 1. The number of nitrogens with zero attached hydrogens (tertiary/aromatic N) is 2. The zero-order chi connectivity index (χ0) is 14.6. The van der Waals surface area contributed by atoms with Crippen LogP contribution >= 0.6 is 0 Å². The highest BCUT2D eigenvalue weighted by atomic mass is 16.5. The van der Waals surface area contributed by atoms with Crippen LogP contribution in [0.3, 0.4) is 0 Å². The van der Waals surface area contributed by atoms with Crippen LogP contribution in [0.2, 0.25) is 0 Å². The van der Waals surface area contributed by atoms with E-state index in [-0.39, 0.29) is 0 Å². The lowest BCUT2D eigenvalue weighted by atomic mass is 10.1. The van der Waals surface area contributed by atoms with E-state index in [1.165, 1.54) is 6.42 Å². The Kier molecular flexibility index (Phi) is 9.36. The number of hydrogen-bond acceptors (Lipinski definition) is 4. The van der Waals surface area contributed by atoms with Crippen molar-refractivity contribution in [2.75, 3.05) is 66.8 Å². The third-order valence-corrected chi connectivity index (χ3v) is 3.25. The lowest BCUT2D eigenvalue weighted by molar-refractivity contribution is 0.0747. The van der Waals surface area contributed by atoms with Crippen LogP contribution < -0.4 is 5.32 Å². The van der Waals surface area contributed by atoms with E-state index in [1.54, 1.807) is 14.2 Å². The molecule has 20 heavy (non-hydrogen) atoms. The van der Waals surface area contributed by atoms with E-state index >= 15 is 0 Å². The topological polar surface area (TPSA) is 55.3 Å². The van der Waals surface area contributed by atoms with E-state index in [2.05, 4.69) is 22.1 Å². The fraction of sp³-hybridized carbons (Fsp3) is 0.929. The molecule has 118 valence electrons. The summed E-state index contributed by atoms with van der Waals surface area (Å²) in [6.45, 7) is 8.44. The Labute approximate surface area is 122 Å². The van der Waals surface area contributed by atoms with Gasteiger partial charge in [-0.3, -0.25) is 4.99 Å². The first-order valence-corrected chi connectivity index (χ1v) is 7.40. The highest BCUT2D eigenvalue weighted by Crippen LogP contribution is 2.16. The number of methoxy groups -OCH3 is 2. The minimum Gasteiger partial charge on any atom is -0.384 e. The molecular weight excluding hydrogens is 258 g/mol. The maximum Gasteiger partial charge on any atom is 0.194 e. The standard InChI is InChI=1S/C14H29N3O3/c1-4-15-14(16-6-8-20-10-9-18-2)17-7-5-13(11-17)12-19-3/h13H,4-12H2,1-3H3,(H,15,16). The van der Waals surface area contributed by atoms with Crippen LogP contribution in [0.5, 0.6) is 0 Å². The fourth-order valence-corrected chi connectivity index (χ4v) is 2.28. The second-order valence-electron chi connectivity index (χ2n) is 4.90. The molecule has 0 aromatic rings. The van der Waals surface area contributed by atoms with Crippen LogP contribution in [-0.2, 0) is 14.2 Å². The number of ether oxygens (including phenoxy) is 3. The first-order valence-electron chi connectivity index (χ1n) is 7.40. The van der Waals surface area contributed by atoms with Crippen molar-refractivity contribution >= 4 is 5.96 Å². The third kappa shape index (κ3) is 6.54. The zero-order valence-corrected chi connectivity index (χ0v) is 13.1. The third-order valence-electron chi connectivity index (χ3n) is 3.25. The molecule has 1 unspecified atom stereocenters. The van der Waals surface area contributed by atoms with Gasteiger partial charge in [-0.2, -0.15) is 0 Å². The molecule has 1 aliphatic rings. The summed E-state index contributed by atoms with van der Waals surface area (Å²) in [5.74, 6) is 1.60. The highest BCUT2D eigenvalue weighted by molar-refractivity contribution is 5.80. The molecule has 1 rings (SSSR count). The molecular formula is C14H29N3O3. The molecule has 1 fully saturated rings. The Bertz CT molecular complexity index is 274. The van der Waals surface area contributed by atoms with Gasteiger partial charge in [0.05, 0.1) is 33.0 Å². The van der Waals surface area contributed by atoms with Gasteiger partial charge in [-0.1, -0.05) is 0 Å². The number of rotatable bonds is 9. The second-order valence-corrected chi connectivity index (χ2v) is 4.90. The Morgan fingerprint density at radius 3 is 2.80 bits per heavy atom. The van der Waals surface area contributed by atoms with Crippen molar-refractivity contribution in [2.45, 2.75) is 13.3 Å². The Morgan fingerprint density at radius 2 is 2.10 bits per heavy atom. The fourth-order valence-electron chi connectivity index (χ4n) is 2.28. The highest BCUT2D eigenvalue weighted by Gasteiger charge is 2.24. The van der Waals surface area contributed by atoms with E-state index in [0.717, 1.165) is 32.2 Å². The van der Waals surface area contributed by atoms with Crippen LogP contribution in [0.4, 0.5) is 0 Å². The van der Waals surface area contributed by atoms with Crippen molar-refractivity contribution in [3.05, 3.63) is 0 Å². The summed E-state index contributed by atoms with van der Waals surface area (Å²) < 4.78 is 15.6. The lowest BCUT2D eigenvalue weighted by Gasteiger charge is -2.21. The molecule has 0 bridgehead atoms. The molecule has 0 aliphatic carbocycles. The van der Waals surface area contributed by atoms with Gasteiger partial charge in [0.15, 0.2) is 5.96 Å². The summed E-state index contributed by atoms with van der Waals surface area (Å²) in [6, 6.07) is 0. The van der Waals surface area contributed by atoms with Gasteiger partial charge in [0.2, 0.25) is 0 Å². The molecule has 1 N–H and O–H groups in total. The summed E-state index contributed by atoms with van der Waals surface area (Å²) in [7, 11) is 3.44. The maximum atomic E-state index is 5.43. The van der Waals surface area contributed by atoms with Crippen molar-refractivity contribution in [1.82, 2.24) is 10.2 Å². The SMILES string of the molecule is CCNC(=NCCOCCOC)N1CCC(COC)C1. The average Bonchev–Trinajstić information content (AvgIpc) is 2.90. The average molecular weight is 287 g/mol. The van der Waals surface area contributed by atoms with Crippen molar-refractivity contribution in [3.8, 4) is 0 Å². The van der Waals surface area contributed by atoms with Crippen molar-refractivity contribution in [2.24, 2.45) is 10.9 Å². The lowest BCUT2D eigenvalue weighted by Crippen LogP contribution is -2.40. The Balaban J connectivity index is 2.31. The summed E-state index contributed by atoms with van der Waals surface area (Å²) in [5.41, 5.74) is 0. The van der Waals surface area contributed by atoms with Gasteiger partial charge in [-0.25, -0.2) is 0 Å². The van der Waals surface area contributed by atoms with Crippen LogP contribution in [-0.4, -0.2) is 77.7 Å². The summed E-state index contributed by atoms with van der Waals surface area (Å²) in [6.07, 6.45) is 1.17. The minimum atomic E-state index is 0.613. The zero-order valence-electron chi connectivity index (χ0n) is 13.1. The van der Waals surface area contributed by atoms with Gasteiger partial charge in [-0.15, -0.1) is 0 Å². The summed E-state index contributed by atoms with van der Waals surface area (Å²) in [5, 5.41) is 3.34. The number of likely N-dealkylation sites (tertiary alicyclic amines) is 1. The maximum absolute atomic E-state index is 5.43. The number of guanidine groups is 1.